The monoisotopic (exact) mass is 349 g/mol. The van der Waals surface area contributed by atoms with Gasteiger partial charge in [0.15, 0.2) is 0 Å². The Morgan fingerprint density at radius 2 is 1.81 bits per heavy atom. The van der Waals surface area contributed by atoms with Gasteiger partial charge in [0.05, 0.1) is 0 Å². The molecule has 0 fully saturated rings. The standard InChI is InChI=1S/C22H27N3.CH4/c1-17(6-5-9-22(23)19-7-3-2-4-8-19)25-15-18-10-11-21-16-24-13-12-20(21)14-18;/h2-4,7-8,10-14,16-17,22,25H,5-6,9,15,23H2,1H3;1H4/t17-,22-;/m1./s1. The molecule has 0 aliphatic heterocycles. The van der Waals surface area contributed by atoms with Crippen molar-refractivity contribution in [3.05, 3.63) is 78.1 Å². The Kier molecular flexibility index (Phi) is 7.76. The van der Waals surface area contributed by atoms with Gasteiger partial charge in [0.25, 0.3) is 0 Å². The molecule has 3 N–H and O–H groups in total. The molecule has 1 aromatic heterocycles. The molecule has 26 heavy (non-hydrogen) atoms. The van der Waals surface area contributed by atoms with E-state index in [9.17, 15) is 0 Å². The second-order valence-corrected chi connectivity index (χ2v) is 6.79. The van der Waals surface area contributed by atoms with Crippen molar-refractivity contribution in [2.45, 2.75) is 52.2 Å². The van der Waals surface area contributed by atoms with Crippen molar-refractivity contribution in [1.82, 2.24) is 10.3 Å². The lowest BCUT2D eigenvalue weighted by Crippen LogP contribution is -2.25. The van der Waals surface area contributed by atoms with Crippen molar-refractivity contribution >= 4 is 10.8 Å². The van der Waals surface area contributed by atoms with E-state index in [0.29, 0.717) is 6.04 Å². The van der Waals surface area contributed by atoms with Gasteiger partial charge in [-0.1, -0.05) is 56.3 Å². The normalized spacial score (nSPS) is 13.2. The van der Waals surface area contributed by atoms with E-state index in [0.717, 1.165) is 25.8 Å². The van der Waals surface area contributed by atoms with E-state index in [1.807, 2.05) is 18.5 Å². The van der Waals surface area contributed by atoms with E-state index in [-0.39, 0.29) is 13.5 Å². The summed E-state index contributed by atoms with van der Waals surface area (Å²) in [6.07, 6.45) is 7.05. The first-order chi connectivity index (χ1) is 12.2. The van der Waals surface area contributed by atoms with E-state index < -0.39 is 0 Å². The minimum Gasteiger partial charge on any atom is -0.324 e. The van der Waals surface area contributed by atoms with Gasteiger partial charge in [-0.2, -0.15) is 0 Å². The summed E-state index contributed by atoms with van der Waals surface area (Å²) in [5, 5.41) is 6.06. The van der Waals surface area contributed by atoms with Crippen molar-refractivity contribution in [2.24, 2.45) is 5.73 Å². The highest BCUT2D eigenvalue weighted by Gasteiger charge is 2.07. The Bertz CT molecular complexity index is 786. The van der Waals surface area contributed by atoms with Gasteiger partial charge < -0.3 is 11.1 Å². The van der Waals surface area contributed by atoms with Crippen LogP contribution in [0.2, 0.25) is 0 Å². The first kappa shape index (κ1) is 20.1. The number of hydrogen-bond donors (Lipinski definition) is 2. The highest BCUT2D eigenvalue weighted by molar-refractivity contribution is 5.81. The predicted molar refractivity (Wildman–Crippen MR) is 112 cm³/mol. The quantitative estimate of drug-likeness (QED) is 0.586. The van der Waals surface area contributed by atoms with Crippen LogP contribution in [0.5, 0.6) is 0 Å². The zero-order chi connectivity index (χ0) is 17.5. The first-order valence-corrected chi connectivity index (χ1v) is 9.09. The van der Waals surface area contributed by atoms with Crippen LogP contribution in [0.4, 0.5) is 0 Å². The fraction of sp³-hybridized carbons (Fsp3) is 0.348. The number of pyridine rings is 1. The van der Waals surface area contributed by atoms with Gasteiger partial charge in [0, 0.05) is 36.4 Å². The third-order valence-corrected chi connectivity index (χ3v) is 4.74. The molecule has 0 bridgehead atoms. The van der Waals surface area contributed by atoms with Gasteiger partial charge in [0.1, 0.15) is 0 Å². The van der Waals surface area contributed by atoms with Crippen molar-refractivity contribution in [1.29, 1.82) is 0 Å². The Morgan fingerprint density at radius 1 is 1.00 bits per heavy atom. The highest BCUT2D eigenvalue weighted by atomic mass is 14.9. The maximum atomic E-state index is 6.27. The molecule has 3 heteroatoms. The smallest absolute Gasteiger partial charge is 0.0346 e. The van der Waals surface area contributed by atoms with E-state index in [4.69, 9.17) is 5.73 Å². The minimum atomic E-state index is 0. The lowest BCUT2D eigenvalue weighted by molar-refractivity contribution is 0.472. The number of nitrogens with zero attached hydrogens (tertiary/aromatic N) is 1. The number of nitrogens with one attached hydrogen (secondary N) is 1. The molecule has 3 nitrogen and oxygen atoms in total. The third kappa shape index (κ3) is 5.65. The van der Waals surface area contributed by atoms with Crippen molar-refractivity contribution in [3.63, 3.8) is 0 Å². The summed E-state index contributed by atoms with van der Waals surface area (Å²) in [5.41, 5.74) is 8.82. The number of nitrogens with two attached hydrogens (primary N) is 1. The summed E-state index contributed by atoms with van der Waals surface area (Å²) in [4.78, 5) is 4.16. The Morgan fingerprint density at radius 3 is 2.62 bits per heavy atom. The molecule has 0 amide bonds. The SMILES string of the molecule is C.C[C@H](CCC[C@@H](N)c1ccccc1)NCc1ccc2cnccc2c1. The average molecular weight is 350 g/mol. The molecule has 0 spiro atoms. The Labute approximate surface area is 157 Å². The number of hydrogen-bond acceptors (Lipinski definition) is 3. The molecule has 0 radical (unpaired) electrons. The van der Waals surface area contributed by atoms with Crippen LogP contribution in [0.25, 0.3) is 10.8 Å². The second kappa shape index (κ2) is 10.0. The minimum absolute atomic E-state index is 0. The van der Waals surface area contributed by atoms with Crippen molar-refractivity contribution < 1.29 is 0 Å². The lowest BCUT2D eigenvalue weighted by Gasteiger charge is -2.16. The summed E-state index contributed by atoms with van der Waals surface area (Å²) >= 11 is 0. The summed E-state index contributed by atoms with van der Waals surface area (Å²) < 4.78 is 0. The van der Waals surface area contributed by atoms with E-state index in [1.165, 1.54) is 21.9 Å². The number of rotatable bonds is 8. The van der Waals surface area contributed by atoms with Crippen LogP contribution in [0.3, 0.4) is 0 Å². The largest absolute Gasteiger partial charge is 0.324 e. The third-order valence-electron chi connectivity index (χ3n) is 4.74. The van der Waals surface area contributed by atoms with Gasteiger partial charge in [0.2, 0.25) is 0 Å². The van der Waals surface area contributed by atoms with Gasteiger partial charge in [-0.05, 0) is 48.4 Å². The predicted octanol–water partition coefficient (Wildman–Crippen LogP) is 5.22. The average Bonchev–Trinajstić information content (AvgIpc) is 2.67. The number of fused-ring (bicyclic) bond motifs is 1. The Hall–Kier alpha value is -2.23. The molecule has 2 atom stereocenters. The molecule has 3 aromatic rings. The lowest BCUT2D eigenvalue weighted by atomic mass is 10.0. The zero-order valence-corrected chi connectivity index (χ0v) is 14.9. The van der Waals surface area contributed by atoms with Crippen molar-refractivity contribution in [3.8, 4) is 0 Å². The molecule has 0 aliphatic carbocycles. The summed E-state index contributed by atoms with van der Waals surface area (Å²) in [5.74, 6) is 0. The van der Waals surface area contributed by atoms with Crippen LogP contribution in [0.1, 0.15) is 50.8 Å². The van der Waals surface area contributed by atoms with Gasteiger partial charge in [-0.15, -0.1) is 0 Å². The second-order valence-electron chi connectivity index (χ2n) is 6.79. The van der Waals surface area contributed by atoms with Gasteiger partial charge in [-0.3, -0.25) is 4.98 Å². The van der Waals surface area contributed by atoms with Gasteiger partial charge in [-0.25, -0.2) is 0 Å². The fourth-order valence-electron chi connectivity index (χ4n) is 3.15. The maximum Gasteiger partial charge on any atom is 0.0346 e. The highest BCUT2D eigenvalue weighted by Crippen LogP contribution is 2.17. The van der Waals surface area contributed by atoms with Crippen LogP contribution in [0, 0.1) is 0 Å². The molecule has 0 aliphatic rings. The first-order valence-electron chi connectivity index (χ1n) is 9.09. The molecule has 138 valence electrons. The van der Waals surface area contributed by atoms with Crippen LogP contribution < -0.4 is 11.1 Å². The van der Waals surface area contributed by atoms with Crippen LogP contribution in [-0.2, 0) is 6.54 Å². The van der Waals surface area contributed by atoms with Crippen LogP contribution >= 0.6 is 0 Å². The molecule has 1 heterocycles. The maximum absolute atomic E-state index is 6.27. The molecular weight excluding hydrogens is 318 g/mol. The van der Waals surface area contributed by atoms with E-state index in [1.54, 1.807) is 0 Å². The molecule has 0 unspecified atom stereocenters. The van der Waals surface area contributed by atoms with Gasteiger partial charge >= 0.3 is 0 Å². The molecule has 3 rings (SSSR count). The number of aromatic nitrogens is 1. The molecular formula is C23H31N3. The fourth-order valence-corrected chi connectivity index (χ4v) is 3.15. The summed E-state index contributed by atoms with van der Waals surface area (Å²) in [6, 6.07) is 19.6. The van der Waals surface area contributed by atoms with Crippen LogP contribution in [-0.4, -0.2) is 11.0 Å². The topological polar surface area (TPSA) is 50.9 Å². The Balaban J connectivity index is 0.00000243. The zero-order valence-electron chi connectivity index (χ0n) is 14.9. The van der Waals surface area contributed by atoms with Crippen molar-refractivity contribution in [2.75, 3.05) is 0 Å². The molecule has 2 aromatic carbocycles. The van der Waals surface area contributed by atoms with Crippen LogP contribution in [0.15, 0.2) is 67.0 Å². The van der Waals surface area contributed by atoms with E-state index in [2.05, 4.69) is 65.8 Å². The molecule has 0 saturated heterocycles. The summed E-state index contributed by atoms with van der Waals surface area (Å²) in [7, 11) is 0. The number of benzene rings is 2. The van der Waals surface area contributed by atoms with E-state index >= 15 is 0 Å². The summed E-state index contributed by atoms with van der Waals surface area (Å²) in [6.45, 7) is 3.14. The molecule has 0 saturated carbocycles.